The third kappa shape index (κ3) is 3.43. The van der Waals surface area contributed by atoms with Crippen LogP contribution < -0.4 is 5.32 Å². The van der Waals surface area contributed by atoms with Gasteiger partial charge in [-0.3, -0.25) is 0 Å². The van der Waals surface area contributed by atoms with Crippen LogP contribution in [-0.2, 0) is 6.42 Å². The fourth-order valence-electron chi connectivity index (χ4n) is 2.10. The molecule has 0 amide bonds. The van der Waals surface area contributed by atoms with E-state index in [1.165, 1.54) is 18.9 Å². The molecule has 1 aromatic carbocycles. The fraction of sp³-hybridized carbons (Fsp3) is 0.571. The van der Waals surface area contributed by atoms with Crippen molar-refractivity contribution in [2.24, 2.45) is 5.41 Å². The van der Waals surface area contributed by atoms with Gasteiger partial charge in [-0.05, 0) is 42.4 Å². The normalized spacial score (nSPS) is 17.5. The van der Waals surface area contributed by atoms with Gasteiger partial charge >= 0.3 is 0 Å². The molecule has 0 saturated heterocycles. The summed E-state index contributed by atoms with van der Waals surface area (Å²) in [6.07, 6.45) is 3.50. The Labute approximate surface area is 107 Å². The Balaban J connectivity index is 1.98. The maximum atomic E-state index is 13.1. The van der Waals surface area contributed by atoms with Gasteiger partial charge in [0.2, 0.25) is 0 Å². The van der Waals surface area contributed by atoms with Gasteiger partial charge < -0.3 is 5.32 Å². The van der Waals surface area contributed by atoms with Gasteiger partial charge in [-0.25, -0.2) is 4.39 Å². The Morgan fingerprint density at radius 1 is 1.41 bits per heavy atom. The number of halogens is 2. The number of hydrogen-bond donors (Lipinski definition) is 1. The number of benzene rings is 1. The molecule has 3 heteroatoms. The van der Waals surface area contributed by atoms with E-state index in [4.69, 9.17) is 11.6 Å². The molecule has 2 rings (SSSR count). The molecule has 1 aliphatic carbocycles. The fourth-order valence-corrected chi connectivity index (χ4v) is 2.30. The zero-order valence-corrected chi connectivity index (χ0v) is 11.1. The highest BCUT2D eigenvalue weighted by Crippen LogP contribution is 2.48. The molecule has 0 unspecified atom stereocenters. The van der Waals surface area contributed by atoms with Gasteiger partial charge in [0, 0.05) is 12.6 Å². The van der Waals surface area contributed by atoms with E-state index in [1.54, 1.807) is 6.07 Å². The van der Waals surface area contributed by atoms with E-state index in [0.29, 0.717) is 11.5 Å². The van der Waals surface area contributed by atoms with Gasteiger partial charge in [0.05, 0.1) is 5.02 Å². The predicted molar refractivity (Wildman–Crippen MR) is 69.9 cm³/mol. The van der Waals surface area contributed by atoms with Gasteiger partial charge in [0.25, 0.3) is 0 Å². The Kier molecular flexibility index (Phi) is 3.74. The van der Waals surface area contributed by atoms with Gasteiger partial charge in [0.15, 0.2) is 0 Å². The first-order valence-corrected chi connectivity index (χ1v) is 6.56. The number of hydrogen-bond acceptors (Lipinski definition) is 1. The van der Waals surface area contributed by atoms with Crippen LogP contribution in [0.15, 0.2) is 18.2 Å². The van der Waals surface area contributed by atoms with E-state index < -0.39 is 0 Å². The first-order chi connectivity index (χ1) is 8.01. The molecule has 1 fully saturated rings. The lowest BCUT2D eigenvalue weighted by Crippen LogP contribution is -2.30. The first kappa shape index (κ1) is 12.8. The Hall–Kier alpha value is -0.600. The minimum atomic E-state index is -0.333. The zero-order chi connectivity index (χ0) is 12.5. The second-order valence-electron chi connectivity index (χ2n) is 5.46. The van der Waals surface area contributed by atoms with E-state index in [2.05, 4.69) is 19.2 Å². The summed E-state index contributed by atoms with van der Waals surface area (Å²) in [5.74, 6) is -0.333. The average Bonchev–Trinajstić information content (AvgIpc) is 3.02. The standard InChI is InChI=1S/C14H19ClFN/c1-10(2)17-9-14(5-6-14)8-11-3-4-13(16)12(15)7-11/h3-4,7,10,17H,5-6,8-9H2,1-2H3. The second kappa shape index (κ2) is 4.95. The van der Waals surface area contributed by atoms with Crippen molar-refractivity contribution < 1.29 is 4.39 Å². The monoisotopic (exact) mass is 255 g/mol. The molecule has 0 heterocycles. The molecule has 0 radical (unpaired) electrons. The maximum absolute atomic E-state index is 13.1. The summed E-state index contributed by atoms with van der Waals surface area (Å²) in [6, 6.07) is 5.58. The molecule has 0 aromatic heterocycles. The lowest BCUT2D eigenvalue weighted by Gasteiger charge is -2.18. The predicted octanol–water partition coefficient (Wildman–Crippen LogP) is 3.80. The van der Waals surface area contributed by atoms with Crippen LogP contribution in [0.25, 0.3) is 0 Å². The van der Waals surface area contributed by atoms with Crippen LogP contribution >= 0.6 is 11.6 Å². The van der Waals surface area contributed by atoms with Crippen molar-refractivity contribution >= 4 is 11.6 Å². The highest BCUT2D eigenvalue weighted by molar-refractivity contribution is 6.30. The van der Waals surface area contributed by atoms with E-state index in [1.807, 2.05) is 6.07 Å². The lowest BCUT2D eigenvalue weighted by atomic mass is 9.96. The highest BCUT2D eigenvalue weighted by Gasteiger charge is 2.42. The van der Waals surface area contributed by atoms with E-state index in [9.17, 15) is 4.39 Å². The topological polar surface area (TPSA) is 12.0 Å². The van der Waals surface area contributed by atoms with Crippen LogP contribution in [-0.4, -0.2) is 12.6 Å². The van der Waals surface area contributed by atoms with E-state index in [-0.39, 0.29) is 10.8 Å². The molecule has 1 N–H and O–H groups in total. The average molecular weight is 256 g/mol. The van der Waals surface area contributed by atoms with Crippen LogP contribution in [0, 0.1) is 11.2 Å². The summed E-state index contributed by atoms with van der Waals surface area (Å²) in [4.78, 5) is 0. The molecule has 1 nitrogen and oxygen atoms in total. The van der Waals surface area contributed by atoms with Crippen LogP contribution in [0.2, 0.25) is 5.02 Å². The largest absolute Gasteiger partial charge is 0.314 e. The Bertz CT molecular complexity index is 399. The van der Waals surface area contributed by atoms with Crippen molar-refractivity contribution in [1.82, 2.24) is 5.32 Å². The van der Waals surface area contributed by atoms with Gasteiger partial charge in [0.1, 0.15) is 5.82 Å². The molecule has 0 aliphatic heterocycles. The van der Waals surface area contributed by atoms with Crippen LogP contribution in [0.4, 0.5) is 4.39 Å². The molecular weight excluding hydrogens is 237 g/mol. The van der Waals surface area contributed by atoms with Crippen LogP contribution in [0.1, 0.15) is 32.3 Å². The molecule has 0 bridgehead atoms. The molecule has 17 heavy (non-hydrogen) atoms. The van der Waals surface area contributed by atoms with Crippen LogP contribution in [0.3, 0.4) is 0 Å². The van der Waals surface area contributed by atoms with Crippen molar-refractivity contribution in [1.29, 1.82) is 0 Å². The van der Waals surface area contributed by atoms with Crippen LogP contribution in [0.5, 0.6) is 0 Å². The molecule has 0 atom stereocenters. The van der Waals surface area contributed by atoms with Crippen molar-refractivity contribution in [3.05, 3.63) is 34.6 Å². The van der Waals surface area contributed by atoms with Crippen molar-refractivity contribution in [2.75, 3.05) is 6.54 Å². The van der Waals surface area contributed by atoms with Crippen molar-refractivity contribution in [3.8, 4) is 0 Å². The number of rotatable bonds is 5. The zero-order valence-electron chi connectivity index (χ0n) is 10.4. The van der Waals surface area contributed by atoms with Crippen molar-refractivity contribution in [3.63, 3.8) is 0 Å². The van der Waals surface area contributed by atoms with Gasteiger partial charge in [-0.15, -0.1) is 0 Å². The summed E-state index contributed by atoms with van der Waals surface area (Å²) >= 11 is 5.80. The second-order valence-corrected chi connectivity index (χ2v) is 5.87. The molecule has 1 aromatic rings. The molecule has 1 aliphatic rings. The maximum Gasteiger partial charge on any atom is 0.141 e. The van der Waals surface area contributed by atoms with Gasteiger partial charge in [-0.1, -0.05) is 31.5 Å². The third-order valence-electron chi connectivity index (χ3n) is 3.41. The summed E-state index contributed by atoms with van der Waals surface area (Å²) in [7, 11) is 0. The minimum Gasteiger partial charge on any atom is -0.314 e. The highest BCUT2D eigenvalue weighted by atomic mass is 35.5. The van der Waals surface area contributed by atoms with Gasteiger partial charge in [-0.2, -0.15) is 0 Å². The SMILES string of the molecule is CC(C)NCC1(Cc2ccc(F)c(Cl)c2)CC1. The Morgan fingerprint density at radius 3 is 2.65 bits per heavy atom. The summed E-state index contributed by atoms with van der Waals surface area (Å²) < 4.78 is 13.1. The molecule has 0 spiro atoms. The lowest BCUT2D eigenvalue weighted by molar-refractivity contribution is 0.429. The summed E-state index contributed by atoms with van der Waals surface area (Å²) in [5.41, 5.74) is 1.52. The number of nitrogens with one attached hydrogen (secondary N) is 1. The summed E-state index contributed by atoms with van der Waals surface area (Å²) in [6.45, 7) is 5.36. The molecule has 94 valence electrons. The smallest absolute Gasteiger partial charge is 0.141 e. The third-order valence-corrected chi connectivity index (χ3v) is 3.70. The first-order valence-electron chi connectivity index (χ1n) is 6.18. The summed E-state index contributed by atoms with van der Waals surface area (Å²) in [5, 5.41) is 3.72. The quantitative estimate of drug-likeness (QED) is 0.844. The van der Waals surface area contributed by atoms with E-state index in [0.717, 1.165) is 18.5 Å². The molecule has 1 saturated carbocycles. The Morgan fingerprint density at radius 2 is 2.12 bits per heavy atom. The van der Waals surface area contributed by atoms with Crippen molar-refractivity contribution in [2.45, 2.75) is 39.2 Å². The van der Waals surface area contributed by atoms with E-state index >= 15 is 0 Å². The minimum absolute atomic E-state index is 0.232. The molecular formula is C14H19ClFN.